The SMILES string of the molecule is CC(=O)C(C(C)=O)(C(C)=O)C(=O)C(=O)[O-].CC(=O)C(C(C)=O)(C(C)=O)C(=O)C(=O)[O-].[O]=[V+2]. The van der Waals surface area contributed by atoms with Gasteiger partial charge in [0.25, 0.3) is 0 Å². The van der Waals surface area contributed by atoms with Crippen molar-refractivity contribution in [2.75, 3.05) is 0 Å². The molecular weight excluding hydrogens is 475 g/mol. The molecule has 0 radical (unpaired) electrons. The Morgan fingerprint density at radius 1 is 0.438 bits per heavy atom. The van der Waals surface area contributed by atoms with Gasteiger partial charge in [-0.05, 0) is 41.5 Å². The second kappa shape index (κ2) is 13.2. The number of hydrogen-bond acceptors (Lipinski definition) is 13. The van der Waals surface area contributed by atoms with Crippen LogP contribution >= 0.6 is 0 Å². The summed E-state index contributed by atoms with van der Waals surface area (Å²) in [6.45, 7) is 4.85. The predicted molar refractivity (Wildman–Crippen MR) is 89.7 cm³/mol. The number of carbonyl (C=O) groups excluding carboxylic acids is 10. The minimum atomic E-state index is -2.74. The molecule has 14 heteroatoms. The van der Waals surface area contributed by atoms with E-state index in [9.17, 15) is 58.2 Å². The summed E-state index contributed by atoms with van der Waals surface area (Å²) in [7, 11) is 0. The van der Waals surface area contributed by atoms with Crippen molar-refractivity contribution in [3.05, 3.63) is 0 Å². The maximum absolute atomic E-state index is 11.2. The van der Waals surface area contributed by atoms with Crippen LogP contribution in [0.5, 0.6) is 0 Å². The van der Waals surface area contributed by atoms with Crippen molar-refractivity contribution < 1.29 is 79.2 Å². The Morgan fingerprint density at radius 3 is 0.594 bits per heavy atom. The van der Waals surface area contributed by atoms with E-state index >= 15 is 0 Å². The molecule has 0 saturated heterocycles. The van der Waals surface area contributed by atoms with E-state index in [1.807, 2.05) is 0 Å². The first-order valence-corrected chi connectivity index (χ1v) is 8.70. The first kappa shape index (κ1) is 33.3. The van der Waals surface area contributed by atoms with Gasteiger partial charge in [-0.15, -0.1) is 0 Å². The fraction of sp³-hybridized carbons (Fsp3) is 0.444. The van der Waals surface area contributed by atoms with Gasteiger partial charge in [0.1, 0.15) is 11.9 Å². The first-order valence-electron chi connectivity index (χ1n) is 8.13. The van der Waals surface area contributed by atoms with E-state index in [2.05, 4.69) is 0 Å². The van der Waals surface area contributed by atoms with Gasteiger partial charge < -0.3 is 19.8 Å². The fourth-order valence-corrected chi connectivity index (χ4v) is 2.75. The Kier molecular flexibility index (Phi) is 13.7. The molecule has 0 amide bonds. The minimum absolute atomic E-state index is 0.809. The van der Waals surface area contributed by atoms with Crippen LogP contribution in [0.15, 0.2) is 0 Å². The Hall–Kier alpha value is -3.32. The topological polar surface area (TPSA) is 234 Å². The van der Waals surface area contributed by atoms with Crippen LogP contribution in [-0.4, -0.2) is 58.2 Å². The van der Waals surface area contributed by atoms with Crippen molar-refractivity contribution in [3.8, 4) is 0 Å². The van der Waals surface area contributed by atoms with Crippen LogP contribution in [0.4, 0.5) is 0 Å². The number of Topliss-reactive ketones (excluding diaryl/α,β-unsaturated/α-hetero) is 8. The molecule has 173 valence electrons. The normalized spacial score (nSPS) is 10.1. The Labute approximate surface area is 190 Å². The molecule has 0 rings (SSSR count). The molecule has 0 aliphatic rings. The number of carbonyl (C=O) groups is 10. The van der Waals surface area contributed by atoms with Crippen LogP contribution < -0.4 is 10.2 Å². The van der Waals surface area contributed by atoms with E-state index < -0.39 is 69.0 Å². The summed E-state index contributed by atoms with van der Waals surface area (Å²) in [4.78, 5) is 110. The standard InChI is InChI=1S/2C9H10O6.O.V/c2*1-4(10)9(5(2)11,6(3)12)7(13)8(14)15;;/h2*1-3H3,(H,14,15);;/q;;;+2/p-2. The van der Waals surface area contributed by atoms with Gasteiger partial charge in [-0.2, -0.15) is 0 Å². The summed E-state index contributed by atoms with van der Waals surface area (Å²) in [6, 6.07) is 0. The van der Waals surface area contributed by atoms with E-state index in [1.165, 1.54) is 0 Å². The summed E-state index contributed by atoms with van der Waals surface area (Å²) in [5, 5.41) is 20.7. The fourth-order valence-electron chi connectivity index (χ4n) is 2.75. The van der Waals surface area contributed by atoms with E-state index in [4.69, 9.17) is 3.67 Å². The molecule has 0 fully saturated rings. The summed E-state index contributed by atoms with van der Waals surface area (Å²) < 4.78 is 8.19. The third-order valence-corrected chi connectivity index (χ3v) is 4.22. The third kappa shape index (κ3) is 6.34. The van der Waals surface area contributed by atoms with Crippen molar-refractivity contribution >= 4 is 58.2 Å². The van der Waals surface area contributed by atoms with Gasteiger partial charge >= 0.3 is 21.0 Å². The zero-order chi connectivity index (χ0) is 26.8. The summed E-state index contributed by atoms with van der Waals surface area (Å²) >= 11 is 1.06. The zero-order valence-electron chi connectivity index (χ0n) is 17.8. The van der Waals surface area contributed by atoms with Crippen molar-refractivity contribution in [2.24, 2.45) is 10.8 Å². The van der Waals surface area contributed by atoms with Gasteiger partial charge in [0.2, 0.25) is 22.4 Å². The average Bonchev–Trinajstić information content (AvgIpc) is 2.62. The van der Waals surface area contributed by atoms with Gasteiger partial charge in [0.15, 0.2) is 34.7 Å². The van der Waals surface area contributed by atoms with Gasteiger partial charge in [-0.3, -0.25) is 38.4 Å². The molecule has 32 heavy (non-hydrogen) atoms. The summed E-state index contributed by atoms with van der Waals surface area (Å²) in [6.07, 6.45) is 0. The van der Waals surface area contributed by atoms with Crippen LogP contribution in [0.2, 0.25) is 0 Å². The predicted octanol–water partition coefficient (Wildman–Crippen LogP) is -4.00. The number of carboxylic acid groups (broad SMARTS) is 2. The Bertz CT molecular complexity index is 752. The van der Waals surface area contributed by atoms with Gasteiger partial charge in [-0.25, -0.2) is 0 Å². The third-order valence-electron chi connectivity index (χ3n) is 4.22. The Morgan fingerprint density at radius 2 is 0.562 bits per heavy atom. The number of hydrogen-bond donors (Lipinski definition) is 0. The zero-order valence-corrected chi connectivity index (χ0v) is 19.2. The second-order valence-electron chi connectivity index (χ2n) is 6.07. The molecule has 0 aromatic carbocycles. The van der Waals surface area contributed by atoms with Gasteiger partial charge in [-0.1, -0.05) is 0 Å². The monoisotopic (exact) mass is 493 g/mol. The molecule has 0 bridgehead atoms. The molecule has 13 nitrogen and oxygen atoms in total. The number of ketones is 8. The quantitative estimate of drug-likeness (QED) is 0.209. The van der Waals surface area contributed by atoms with Crippen LogP contribution in [-0.2, 0) is 69.0 Å². The molecule has 0 aromatic rings. The van der Waals surface area contributed by atoms with Crippen LogP contribution in [0.25, 0.3) is 0 Å². The second-order valence-corrected chi connectivity index (χ2v) is 6.07. The van der Waals surface area contributed by atoms with E-state index in [0.717, 1.165) is 58.9 Å². The van der Waals surface area contributed by atoms with Gasteiger partial charge in [0, 0.05) is 0 Å². The van der Waals surface area contributed by atoms with Crippen molar-refractivity contribution in [1.82, 2.24) is 0 Å². The average molecular weight is 493 g/mol. The van der Waals surface area contributed by atoms with Crippen molar-refractivity contribution in [1.29, 1.82) is 0 Å². The molecule has 0 saturated carbocycles. The molecule has 0 heterocycles. The Balaban J connectivity index is -0.000000487. The first-order chi connectivity index (χ1) is 14.4. The van der Waals surface area contributed by atoms with E-state index in [1.54, 1.807) is 0 Å². The molecule has 0 spiro atoms. The van der Waals surface area contributed by atoms with E-state index in [-0.39, 0.29) is 0 Å². The molecule has 0 atom stereocenters. The molecule has 0 aliphatic heterocycles. The molecule has 0 N–H and O–H groups in total. The molecular formula is C18H18O13V. The molecule has 0 aliphatic carbocycles. The van der Waals surface area contributed by atoms with Crippen LogP contribution in [0.1, 0.15) is 41.5 Å². The van der Waals surface area contributed by atoms with Crippen LogP contribution in [0, 0.1) is 10.8 Å². The van der Waals surface area contributed by atoms with Crippen molar-refractivity contribution in [3.63, 3.8) is 0 Å². The number of rotatable bonds is 10. The van der Waals surface area contributed by atoms with Crippen molar-refractivity contribution in [2.45, 2.75) is 41.5 Å². The maximum atomic E-state index is 11.2. The van der Waals surface area contributed by atoms with Gasteiger partial charge in [0.05, 0.1) is 0 Å². The summed E-state index contributed by atoms with van der Waals surface area (Å²) in [5.41, 5.74) is -5.47. The molecule has 0 aromatic heterocycles. The number of aliphatic carboxylic acids is 2. The van der Waals surface area contributed by atoms with Crippen LogP contribution in [0.3, 0.4) is 0 Å². The molecule has 0 unspecified atom stereocenters. The summed E-state index contributed by atoms with van der Waals surface area (Å²) in [5.74, 6) is -14.8. The van der Waals surface area contributed by atoms with E-state index in [0.29, 0.717) is 0 Å². The number of carboxylic acids is 2.